The van der Waals surface area contributed by atoms with E-state index in [4.69, 9.17) is 0 Å². The molecule has 0 amide bonds. The van der Waals surface area contributed by atoms with Crippen LogP contribution in [0.1, 0.15) is 32.5 Å². The van der Waals surface area contributed by atoms with Crippen molar-refractivity contribution in [3.8, 4) is 0 Å². The van der Waals surface area contributed by atoms with Crippen LogP contribution in [0.3, 0.4) is 0 Å². The molecule has 0 aromatic carbocycles. The van der Waals surface area contributed by atoms with Crippen molar-refractivity contribution in [1.29, 1.82) is 0 Å². The molecular weight excluding hydrogens is 214 g/mol. The van der Waals surface area contributed by atoms with E-state index in [1.54, 1.807) is 0 Å². The fourth-order valence-electron chi connectivity index (χ4n) is 2.66. The maximum Gasteiger partial charge on any atom is 0.111 e. The van der Waals surface area contributed by atoms with Gasteiger partial charge in [0.1, 0.15) is 5.82 Å². The van der Waals surface area contributed by atoms with Crippen LogP contribution in [0.25, 0.3) is 0 Å². The van der Waals surface area contributed by atoms with Gasteiger partial charge in [-0.1, -0.05) is 0 Å². The lowest BCUT2D eigenvalue weighted by Crippen LogP contribution is -2.49. The molecule has 4 nitrogen and oxygen atoms in total. The number of nitrogens with zero attached hydrogens (tertiary/aromatic N) is 3. The molecule has 1 N–H and O–H groups in total. The van der Waals surface area contributed by atoms with Crippen LogP contribution in [0.15, 0.2) is 12.4 Å². The van der Waals surface area contributed by atoms with Gasteiger partial charge in [0.15, 0.2) is 0 Å². The molecule has 1 aromatic rings. The molecule has 0 spiro atoms. The lowest BCUT2D eigenvalue weighted by Gasteiger charge is -2.40. The van der Waals surface area contributed by atoms with Gasteiger partial charge in [-0.25, -0.2) is 4.98 Å². The molecule has 1 saturated heterocycles. The molecule has 1 aliphatic heterocycles. The summed E-state index contributed by atoms with van der Waals surface area (Å²) in [6.45, 7) is 6.16. The number of aliphatic hydroxyl groups is 1. The lowest BCUT2D eigenvalue weighted by atomic mass is 9.84. The molecule has 1 aliphatic rings. The highest BCUT2D eigenvalue weighted by Crippen LogP contribution is 2.28. The van der Waals surface area contributed by atoms with Gasteiger partial charge in [-0.15, -0.1) is 0 Å². The second-order valence-corrected chi connectivity index (χ2v) is 5.31. The van der Waals surface area contributed by atoms with Crippen molar-refractivity contribution in [2.24, 2.45) is 0 Å². The van der Waals surface area contributed by atoms with E-state index < -0.39 is 5.60 Å². The van der Waals surface area contributed by atoms with Crippen LogP contribution in [-0.2, 0) is 13.0 Å². The summed E-state index contributed by atoms with van der Waals surface area (Å²) in [5.74, 6) is 1.01. The van der Waals surface area contributed by atoms with Crippen molar-refractivity contribution >= 4 is 0 Å². The molecule has 2 heterocycles. The van der Waals surface area contributed by atoms with Crippen LogP contribution >= 0.6 is 0 Å². The zero-order valence-electron chi connectivity index (χ0n) is 11.1. The first kappa shape index (κ1) is 12.6. The van der Waals surface area contributed by atoms with Crippen LogP contribution in [0.2, 0.25) is 0 Å². The van der Waals surface area contributed by atoms with E-state index in [0.29, 0.717) is 12.5 Å². The standard InChI is InChI=1S/C13H23N3O/c1-4-16-8-6-14-12(16)10-13(17)5-7-15(3)11(2)9-13/h6,8,11,17H,4-5,7,9-10H2,1-3H3. The number of piperidine rings is 1. The maximum atomic E-state index is 10.7. The summed E-state index contributed by atoms with van der Waals surface area (Å²) in [6, 6.07) is 0.443. The van der Waals surface area contributed by atoms with Crippen molar-refractivity contribution in [2.75, 3.05) is 13.6 Å². The summed E-state index contributed by atoms with van der Waals surface area (Å²) in [4.78, 5) is 6.67. The van der Waals surface area contributed by atoms with Crippen LogP contribution in [0.4, 0.5) is 0 Å². The molecule has 1 aromatic heterocycles. The average Bonchev–Trinajstić information content (AvgIpc) is 2.71. The van der Waals surface area contributed by atoms with E-state index in [1.165, 1.54) is 0 Å². The second-order valence-electron chi connectivity index (χ2n) is 5.31. The largest absolute Gasteiger partial charge is 0.389 e. The molecule has 17 heavy (non-hydrogen) atoms. The molecule has 0 bridgehead atoms. The van der Waals surface area contributed by atoms with Gasteiger partial charge in [0.05, 0.1) is 5.60 Å². The van der Waals surface area contributed by atoms with E-state index in [0.717, 1.165) is 31.8 Å². The monoisotopic (exact) mass is 237 g/mol. The Morgan fingerprint density at radius 3 is 3.00 bits per heavy atom. The molecule has 4 heteroatoms. The third-order valence-electron chi connectivity index (χ3n) is 3.99. The molecule has 2 unspecified atom stereocenters. The van der Waals surface area contributed by atoms with Crippen LogP contribution in [0.5, 0.6) is 0 Å². The number of aryl methyl sites for hydroxylation is 1. The minimum absolute atomic E-state index is 0.443. The summed E-state index contributed by atoms with van der Waals surface area (Å²) in [6.07, 6.45) is 6.15. The van der Waals surface area contributed by atoms with Crippen molar-refractivity contribution < 1.29 is 5.11 Å². The molecule has 2 rings (SSSR count). The summed E-state index contributed by atoms with van der Waals surface area (Å²) >= 11 is 0. The Kier molecular flexibility index (Phi) is 3.54. The smallest absolute Gasteiger partial charge is 0.111 e. The number of hydrogen-bond acceptors (Lipinski definition) is 3. The lowest BCUT2D eigenvalue weighted by molar-refractivity contribution is -0.0371. The van der Waals surface area contributed by atoms with Crippen molar-refractivity contribution in [3.05, 3.63) is 18.2 Å². The summed E-state index contributed by atoms with van der Waals surface area (Å²) < 4.78 is 2.11. The number of hydrogen-bond donors (Lipinski definition) is 1. The van der Waals surface area contributed by atoms with E-state index >= 15 is 0 Å². The average molecular weight is 237 g/mol. The summed E-state index contributed by atoms with van der Waals surface area (Å²) in [5.41, 5.74) is -0.579. The van der Waals surface area contributed by atoms with E-state index in [2.05, 4.69) is 35.3 Å². The van der Waals surface area contributed by atoms with Crippen LogP contribution in [-0.4, -0.2) is 44.8 Å². The molecule has 0 saturated carbocycles. The SMILES string of the molecule is CCn1ccnc1CC1(O)CCN(C)C(C)C1. The number of aromatic nitrogens is 2. The van der Waals surface area contributed by atoms with Gasteiger partial charge in [-0.3, -0.25) is 0 Å². The van der Waals surface area contributed by atoms with Gasteiger partial charge in [0, 0.05) is 37.9 Å². The second kappa shape index (κ2) is 4.78. The Morgan fingerprint density at radius 2 is 2.35 bits per heavy atom. The number of imidazole rings is 1. The Labute approximate surface area is 103 Å². The highest BCUT2D eigenvalue weighted by molar-refractivity contribution is 5.01. The Hall–Kier alpha value is -0.870. The summed E-state index contributed by atoms with van der Waals surface area (Å²) in [5, 5.41) is 10.7. The van der Waals surface area contributed by atoms with Crippen molar-refractivity contribution in [3.63, 3.8) is 0 Å². The summed E-state index contributed by atoms with van der Waals surface area (Å²) in [7, 11) is 2.12. The van der Waals surface area contributed by atoms with Gasteiger partial charge < -0.3 is 14.6 Å². The van der Waals surface area contributed by atoms with Gasteiger partial charge in [-0.2, -0.15) is 0 Å². The topological polar surface area (TPSA) is 41.3 Å². The van der Waals surface area contributed by atoms with Crippen molar-refractivity contribution in [2.45, 2.75) is 51.3 Å². The van der Waals surface area contributed by atoms with E-state index in [9.17, 15) is 5.11 Å². The zero-order valence-corrected chi connectivity index (χ0v) is 11.1. The Morgan fingerprint density at radius 1 is 1.59 bits per heavy atom. The third kappa shape index (κ3) is 2.69. The number of likely N-dealkylation sites (tertiary alicyclic amines) is 1. The first-order chi connectivity index (χ1) is 8.04. The Bertz CT molecular complexity index is 376. The molecule has 0 radical (unpaired) electrons. The van der Waals surface area contributed by atoms with Crippen molar-refractivity contribution in [1.82, 2.24) is 14.5 Å². The van der Waals surface area contributed by atoms with Gasteiger partial charge in [0.2, 0.25) is 0 Å². The highest BCUT2D eigenvalue weighted by Gasteiger charge is 2.36. The third-order valence-corrected chi connectivity index (χ3v) is 3.99. The van der Waals surface area contributed by atoms with Gasteiger partial charge in [-0.05, 0) is 33.7 Å². The fraction of sp³-hybridized carbons (Fsp3) is 0.769. The predicted octanol–water partition coefficient (Wildman–Crippen LogP) is 1.29. The van der Waals surface area contributed by atoms with Crippen LogP contribution in [0, 0.1) is 0 Å². The first-order valence-electron chi connectivity index (χ1n) is 6.47. The Balaban J connectivity index is 2.07. The minimum atomic E-state index is -0.579. The van der Waals surface area contributed by atoms with Gasteiger partial charge in [0.25, 0.3) is 0 Å². The minimum Gasteiger partial charge on any atom is -0.389 e. The molecule has 1 fully saturated rings. The predicted molar refractivity (Wildman–Crippen MR) is 67.9 cm³/mol. The van der Waals surface area contributed by atoms with E-state index in [-0.39, 0.29) is 0 Å². The molecule has 96 valence electrons. The molecule has 2 atom stereocenters. The van der Waals surface area contributed by atoms with E-state index in [1.807, 2.05) is 12.4 Å². The number of rotatable bonds is 3. The quantitative estimate of drug-likeness (QED) is 0.861. The highest BCUT2D eigenvalue weighted by atomic mass is 16.3. The fourth-order valence-corrected chi connectivity index (χ4v) is 2.66. The molecular formula is C13H23N3O. The van der Waals surface area contributed by atoms with Crippen LogP contribution < -0.4 is 0 Å². The normalized spacial score (nSPS) is 30.7. The zero-order chi connectivity index (χ0) is 12.5. The first-order valence-corrected chi connectivity index (χ1v) is 6.47. The molecule has 0 aliphatic carbocycles. The maximum absolute atomic E-state index is 10.7. The van der Waals surface area contributed by atoms with Gasteiger partial charge >= 0.3 is 0 Å².